The number of aliphatic carboxylic acids is 1. The van der Waals surface area contributed by atoms with Crippen molar-refractivity contribution < 1.29 is 9.90 Å². The molecule has 0 spiro atoms. The Kier molecular flexibility index (Phi) is 5.77. The maximum atomic E-state index is 11.0. The lowest BCUT2D eigenvalue weighted by molar-refractivity contribution is -0.138. The largest absolute Gasteiger partial charge is 0.480 e. The number of rotatable bonds is 6. The minimum Gasteiger partial charge on any atom is -0.480 e. The Morgan fingerprint density at radius 1 is 1.21 bits per heavy atom. The number of carboxylic acid groups (broad SMARTS) is 1. The molecule has 152 valence electrons. The summed E-state index contributed by atoms with van der Waals surface area (Å²) < 4.78 is 4.33. The van der Waals surface area contributed by atoms with Gasteiger partial charge in [-0.3, -0.25) is 19.3 Å². The zero-order valence-electron chi connectivity index (χ0n) is 16.6. The predicted octanol–water partition coefficient (Wildman–Crippen LogP) is 1.59. The Labute approximate surface area is 165 Å². The number of hydrogen-bond donors (Lipinski definition) is 1. The molecule has 0 unspecified atom stereocenters. The summed E-state index contributed by atoms with van der Waals surface area (Å²) in [5, 5.41) is 13.9. The second-order valence-corrected chi connectivity index (χ2v) is 8.15. The molecule has 0 atom stereocenters. The third-order valence-corrected chi connectivity index (χ3v) is 5.97. The van der Waals surface area contributed by atoms with E-state index in [1.807, 2.05) is 11.1 Å². The molecule has 4 heterocycles. The molecule has 1 saturated heterocycles. The van der Waals surface area contributed by atoms with Crippen LogP contribution >= 0.6 is 0 Å². The molecule has 2 aliphatic heterocycles. The average Bonchev–Trinajstić information content (AvgIpc) is 3.17. The molecule has 1 fully saturated rings. The van der Waals surface area contributed by atoms with E-state index in [2.05, 4.69) is 38.3 Å². The maximum absolute atomic E-state index is 11.0. The van der Waals surface area contributed by atoms with Crippen LogP contribution in [0.1, 0.15) is 36.5 Å². The van der Waals surface area contributed by atoms with Gasteiger partial charge in [-0.15, -0.1) is 0 Å². The van der Waals surface area contributed by atoms with Gasteiger partial charge in [-0.1, -0.05) is 0 Å². The van der Waals surface area contributed by atoms with Gasteiger partial charge >= 0.3 is 5.97 Å². The molecule has 0 aliphatic carbocycles. The quantitative estimate of drug-likeness (QED) is 0.812. The highest BCUT2D eigenvalue weighted by Crippen LogP contribution is 2.22. The second kappa shape index (κ2) is 8.45. The lowest BCUT2D eigenvalue weighted by Gasteiger charge is -2.31. The Bertz CT molecular complexity index is 805. The zero-order chi connectivity index (χ0) is 19.5. The van der Waals surface area contributed by atoms with Crippen molar-refractivity contribution in [3.8, 4) is 0 Å². The fourth-order valence-electron chi connectivity index (χ4n) is 4.42. The third kappa shape index (κ3) is 4.62. The molecule has 0 saturated carbocycles. The van der Waals surface area contributed by atoms with Gasteiger partial charge in [0.05, 0.1) is 17.9 Å². The molecule has 0 radical (unpaired) electrons. The standard InChI is InChI=1S/C20H30N6O2/c1-16-21-5-10-25(16)12-17-3-8-23(9-4-17)13-18-11-19-14-24(15-20(27)28)6-2-7-26(19)22-18/h5,10-11,17H,2-4,6-9,12-15H2,1H3,(H,27,28). The molecular formula is C20H30N6O2. The van der Waals surface area contributed by atoms with Crippen molar-refractivity contribution >= 4 is 5.97 Å². The summed E-state index contributed by atoms with van der Waals surface area (Å²) in [5.74, 6) is 1.05. The fraction of sp³-hybridized carbons (Fsp3) is 0.650. The van der Waals surface area contributed by atoms with Gasteiger partial charge in [0.1, 0.15) is 5.82 Å². The van der Waals surface area contributed by atoms with E-state index in [1.165, 1.54) is 12.8 Å². The van der Waals surface area contributed by atoms with Crippen molar-refractivity contribution in [3.05, 3.63) is 35.7 Å². The third-order valence-electron chi connectivity index (χ3n) is 5.97. The number of likely N-dealkylation sites (tertiary alicyclic amines) is 1. The van der Waals surface area contributed by atoms with Crippen molar-refractivity contribution in [1.82, 2.24) is 29.1 Å². The molecular weight excluding hydrogens is 356 g/mol. The lowest BCUT2D eigenvalue weighted by Crippen LogP contribution is -2.34. The van der Waals surface area contributed by atoms with Crippen LogP contribution in [-0.4, -0.2) is 66.4 Å². The summed E-state index contributed by atoms with van der Waals surface area (Å²) in [6.07, 6.45) is 7.31. The van der Waals surface area contributed by atoms with Crippen molar-refractivity contribution in [2.24, 2.45) is 5.92 Å². The number of nitrogens with zero attached hydrogens (tertiary/aromatic N) is 6. The van der Waals surface area contributed by atoms with Crippen LogP contribution in [0.4, 0.5) is 0 Å². The van der Waals surface area contributed by atoms with Crippen LogP contribution in [0.3, 0.4) is 0 Å². The van der Waals surface area contributed by atoms with E-state index >= 15 is 0 Å². The fourth-order valence-corrected chi connectivity index (χ4v) is 4.42. The molecule has 2 aromatic heterocycles. The maximum Gasteiger partial charge on any atom is 0.317 e. The molecule has 1 N–H and O–H groups in total. The number of imidazole rings is 1. The predicted molar refractivity (Wildman–Crippen MR) is 105 cm³/mol. The van der Waals surface area contributed by atoms with Crippen LogP contribution < -0.4 is 0 Å². The summed E-state index contributed by atoms with van der Waals surface area (Å²) in [4.78, 5) is 19.8. The zero-order valence-corrected chi connectivity index (χ0v) is 16.6. The second-order valence-electron chi connectivity index (χ2n) is 8.15. The van der Waals surface area contributed by atoms with E-state index in [9.17, 15) is 4.79 Å². The number of carbonyl (C=O) groups is 1. The van der Waals surface area contributed by atoms with E-state index in [0.717, 1.165) is 62.9 Å². The summed E-state index contributed by atoms with van der Waals surface area (Å²) in [6, 6.07) is 2.17. The smallest absolute Gasteiger partial charge is 0.317 e. The van der Waals surface area contributed by atoms with Crippen molar-refractivity contribution in [3.63, 3.8) is 0 Å². The van der Waals surface area contributed by atoms with Crippen molar-refractivity contribution in [2.45, 2.75) is 52.4 Å². The first kappa shape index (κ1) is 19.1. The van der Waals surface area contributed by atoms with Crippen LogP contribution in [0.2, 0.25) is 0 Å². The molecule has 8 heteroatoms. The minimum absolute atomic E-state index is 0.102. The summed E-state index contributed by atoms with van der Waals surface area (Å²) in [7, 11) is 0. The van der Waals surface area contributed by atoms with Crippen LogP contribution in [-0.2, 0) is 31.0 Å². The Balaban J connectivity index is 1.30. The highest BCUT2D eigenvalue weighted by molar-refractivity contribution is 5.69. The van der Waals surface area contributed by atoms with Gasteiger partial charge in [0.15, 0.2) is 0 Å². The molecule has 0 amide bonds. The van der Waals surface area contributed by atoms with E-state index in [4.69, 9.17) is 10.2 Å². The highest BCUT2D eigenvalue weighted by Gasteiger charge is 2.22. The van der Waals surface area contributed by atoms with Gasteiger partial charge in [0, 0.05) is 45.1 Å². The highest BCUT2D eigenvalue weighted by atomic mass is 16.4. The first-order valence-corrected chi connectivity index (χ1v) is 10.3. The molecule has 4 rings (SSSR count). The summed E-state index contributed by atoms with van der Waals surface area (Å²) >= 11 is 0. The monoisotopic (exact) mass is 386 g/mol. The first-order chi connectivity index (χ1) is 13.6. The van der Waals surface area contributed by atoms with E-state index < -0.39 is 5.97 Å². The topological polar surface area (TPSA) is 79.4 Å². The van der Waals surface area contributed by atoms with E-state index in [0.29, 0.717) is 12.5 Å². The molecule has 8 nitrogen and oxygen atoms in total. The number of hydrogen-bond acceptors (Lipinski definition) is 5. The Morgan fingerprint density at radius 3 is 2.75 bits per heavy atom. The first-order valence-electron chi connectivity index (χ1n) is 10.3. The number of aromatic nitrogens is 4. The Hall–Kier alpha value is -2.19. The minimum atomic E-state index is -0.762. The van der Waals surface area contributed by atoms with E-state index in [1.54, 1.807) is 0 Å². The molecule has 2 aliphatic rings. The van der Waals surface area contributed by atoms with Crippen LogP contribution in [0.5, 0.6) is 0 Å². The van der Waals surface area contributed by atoms with Crippen LogP contribution in [0, 0.1) is 12.8 Å². The van der Waals surface area contributed by atoms with Crippen LogP contribution in [0.25, 0.3) is 0 Å². The normalized spacial score (nSPS) is 19.5. The Morgan fingerprint density at radius 2 is 2.04 bits per heavy atom. The molecule has 2 aromatic rings. The summed E-state index contributed by atoms with van der Waals surface area (Å²) in [6.45, 7) is 8.68. The van der Waals surface area contributed by atoms with Crippen molar-refractivity contribution in [2.75, 3.05) is 26.2 Å². The molecule has 0 aromatic carbocycles. The molecule has 0 bridgehead atoms. The van der Waals surface area contributed by atoms with Gasteiger partial charge < -0.3 is 9.67 Å². The average molecular weight is 387 g/mol. The SMILES string of the molecule is Cc1nccn1CC1CCN(Cc2cc3n(n2)CCCN(CC(=O)O)C3)CC1. The van der Waals surface area contributed by atoms with Gasteiger partial charge in [0.2, 0.25) is 0 Å². The number of carboxylic acids is 1. The van der Waals surface area contributed by atoms with Gasteiger partial charge in [-0.2, -0.15) is 5.10 Å². The van der Waals surface area contributed by atoms with Gasteiger partial charge in [-0.05, 0) is 51.3 Å². The van der Waals surface area contributed by atoms with Crippen LogP contribution in [0.15, 0.2) is 18.5 Å². The van der Waals surface area contributed by atoms with Crippen molar-refractivity contribution in [1.29, 1.82) is 0 Å². The number of piperidine rings is 1. The summed E-state index contributed by atoms with van der Waals surface area (Å²) in [5.41, 5.74) is 2.25. The van der Waals surface area contributed by atoms with E-state index in [-0.39, 0.29) is 6.54 Å². The molecule has 28 heavy (non-hydrogen) atoms. The van der Waals surface area contributed by atoms with Gasteiger partial charge in [-0.25, -0.2) is 4.98 Å². The number of fused-ring (bicyclic) bond motifs is 1. The lowest BCUT2D eigenvalue weighted by atomic mass is 9.96. The van der Waals surface area contributed by atoms with Gasteiger partial charge in [0.25, 0.3) is 0 Å². The number of aryl methyl sites for hydroxylation is 2.